The Balaban J connectivity index is 2.36. The van der Waals surface area contributed by atoms with Gasteiger partial charge in [0, 0.05) is 5.56 Å². The molecule has 3 nitrogen and oxygen atoms in total. The predicted octanol–water partition coefficient (Wildman–Crippen LogP) is 4.84. The average molecular weight is 409 g/mol. The maximum Gasteiger partial charge on any atom is 0.162 e. The third-order valence-electron chi connectivity index (χ3n) is 2.34. The summed E-state index contributed by atoms with van der Waals surface area (Å²) in [5.41, 5.74) is 0.828. The van der Waals surface area contributed by atoms with Crippen molar-refractivity contribution in [2.75, 3.05) is 6.61 Å². The molecule has 0 aliphatic carbocycles. The average Bonchev–Trinajstić information content (AvgIpc) is 2.42. The molecule has 0 atom stereocenters. The largest absolute Gasteiger partial charge is 0.494 e. The fourth-order valence-electron chi connectivity index (χ4n) is 1.47. The molecule has 0 saturated carbocycles. The molecule has 0 unspecified atom stereocenters. The lowest BCUT2D eigenvalue weighted by molar-refractivity contribution is 0.317. The van der Waals surface area contributed by atoms with Crippen molar-refractivity contribution >= 4 is 45.8 Å². The molecule has 1 aromatic carbocycles. The fourth-order valence-corrected chi connectivity index (χ4v) is 2.10. The SMILES string of the molecule is CCCOc1cccc(-c2nc(Cl)c(I)c(Cl)n2)c1. The summed E-state index contributed by atoms with van der Waals surface area (Å²) >= 11 is 14.1. The van der Waals surface area contributed by atoms with Gasteiger partial charge in [-0.05, 0) is 41.1 Å². The zero-order chi connectivity index (χ0) is 13.8. The molecule has 0 saturated heterocycles. The standard InChI is InChI=1S/C13H11Cl2IN2O/c1-2-6-19-9-5-3-4-8(7-9)13-17-11(14)10(16)12(15)18-13/h3-5,7H,2,6H2,1H3. The maximum atomic E-state index is 6.02. The van der Waals surface area contributed by atoms with Crippen molar-refractivity contribution in [3.05, 3.63) is 38.1 Å². The summed E-state index contributed by atoms with van der Waals surface area (Å²) in [7, 11) is 0. The quantitative estimate of drug-likeness (QED) is 0.536. The van der Waals surface area contributed by atoms with Crippen molar-refractivity contribution < 1.29 is 4.74 Å². The molecule has 0 bridgehead atoms. The van der Waals surface area contributed by atoms with E-state index in [1.165, 1.54) is 0 Å². The van der Waals surface area contributed by atoms with Gasteiger partial charge in [-0.1, -0.05) is 42.3 Å². The Labute approximate surface area is 135 Å². The molecule has 1 heterocycles. The van der Waals surface area contributed by atoms with E-state index in [1.807, 2.05) is 46.9 Å². The summed E-state index contributed by atoms with van der Waals surface area (Å²) in [5.74, 6) is 1.28. The Kier molecular flexibility index (Phi) is 5.24. The van der Waals surface area contributed by atoms with Gasteiger partial charge in [0.15, 0.2) is 5.82 Å². The third-order valence-corrected chi connectivity index (χ3v) is 4.54. The highest BCUT2D eigenvalue weighted by Gasteiger charge is 2.11. The molecule has 0 radical (unpaired) electrons. The molecule has 0 amide bonds. The molecule has 0 spiro atoms. The van der Waals surface area contributed by atoms with Gasteiger partial charge in [0.05, 0.1) is 10.2 Å². The maximum absolute atomic E-state index is 6.02. The number of rotatable bonds is 4. The zero-order valence-electron chi connectivity index (χ0n) is 10.2. The van der Waals surface area contributed by atoms with Gasteiger partial charge in [0.2, 0.25) is 0 Å². The first-order valence-corrected chi connectivity index (χ1v) is 7.57. The van der Waals surface area contributed by atoms with Gasteiger partial charge >= 0.3 is 0 Å². The second-order valence-corrected chi connectivity index (χ2v) is 5.61. The Bertz CT molecular complexity index is 570. The van der Waals surface area contributed by atoms with Crippen LogP contribution in [-0.4, -0.2) is 16.6 Å². The number of aromatic nitrogens is 2. The Hall–Kier alpha value is -0.590. The fraction of sp³-hybridized carbons (Fsp3) is 0.231. The van der Waals surface area contributed by atoms with Crippen molar-refractivity contribution in [3.63, 3.8) is 0 Å². The first kappa shape index (κ1) is 14.8. The molecule has 0 fully saturated rings. The van der Waals surface area contributed by atoms with E-state index >= 15 is 0 Å². The van der Waals surface area contributed by atoms with Gasteiger partial charge in [-0.15, -0.1) is 0 Å². The van der Waals surface area contributed by atoms with Crippen molar-refractivity contribution in [3.8, 4) is 17.1 Å². The number of halogens is 3. The molecule has 2 rings (SSSR count). The minimum absolute atomic E-state index is 0.357. The lowest BCUT2D eigenvalue weighted by Gasteiger charge is -2.07. The Morgan fingerprint density at radius 2 is 1.89 bits per heavy atom. The molecule has 0 aliphatic rings. The van der Waals surface area contributed by atoms with Crippen LogP contribution in [0.1, 0.15) is 13.3 Å². The molecule has 100 valence electrons. The van der Waals surface area contributed by atoms with E-state index in [4.69, 9.17) is 27.9 Å². The first-order valence-electron chi connectivity index (χ1n) is 5.73. The van der Waals surface area contributed by atoms with Crippen molar-refractivity contribution in [2.24, 2.45) is 0 Å². The van der Waals surface area contributed by atoms with E-state index in [0.29, 0.717) is 26.3 Å². The first-order chi connectivity index (χ1) is 9.11. The van der Waals surface area contributed by atoms with Crippen LogP contribution in [-0.2, 0) is 0 Å². The minimum Gasteiger partial charge on any atom is -0.494 e. The van der Waals surface area contributed by atoms with Crippen LogP contribution in [0.25, 0.3) is 11.4 Å². The molecule has 19 heavy (non-hydrogen) atoms. The smallest absolute Gasteiger partial charge is 0.162 e. The van der Waals surface area contributed by atoms with Gasteiger partial charge < -0.3 is 4.74 Å². The minimum atomic E-state index is 0.357. The van der Waals surface area contributed by atoms with Crippen LogP contribution in [0.3, 0.4) is 0 Å². The van der Waals surface area contributed by atoms with Crippen LogP contribution in [0.15, 0.2) is 24.3 Å². The van der Waals surface area contributed by atoms with Crippen LogP contribution in [0.2, 0.25) is 10.3 Å². The Morgan fingerprint density at radius 1 is 1.21 bits per heavy atom. The van der Waals surface area contributed by atoms with Gasteiger partial charge in [-0.3, -0.25) is 0 Å². The van der Waals surface area contributed by atoms with Crippen LogP contribution in [0.5, 0.6) is 5.75 Å². The van der Waals surface area contributed by atoms with Crippen molar-refractivity contribution in [1.29, 1.82) is 0 Å². The van der Waals surface area contributed by atoms with Crippen molar-refractivity contribution in [1.82, 2.24) is 9.97 Å². The summed E-state index contributed by atoms with van der Waals surface area (Å²) < 4.78 is 6.23. The summed E-state index contributed by atoms with van der Waals surface area (Å²) in [6, 6.07) is 7.57. The number of hydrogen-bond donors (Lipinski definition) is 0. The van der Waals surface area contributed by atoms with E-state index in [1.54, 1.807) is 0 Å². The van der Waals surface area contributed by atoms with Gasteiger partial charge in [-0.2, -0.15) is 0 Å². The topological polar surface area (TPSA) is 35.0 Å². The lowest BCUT2D eigenvalue weighted by Crippen LogP contribution is -1.97. The zero-order valence-corrected chi connectivity index (χ0v) is 13.8. The van der Waals surface area contributed by atoms with E-state index in [9.17, 15) is 0 Å². The monoisotopic (exact) mass is 408 g/mol. The Morgan fingerprint density at radius 3 is 2.53 bits per heavy atom. The molecular formula is C13H11Cl2IN2O. The van der Waals surface area contributed by atoms with Gasteiger partial charge in [0.25, 0.3) is 0 Å². The lowest BCUT2D eigenvalue weighted by atomic mass is 10.2. The third kappa shape index (κ3) is 3.70. The molecular weight excluding hydrogens is 398 g/mol. The highest BCUT2D eigenvalue weighted by molar-refractivity contribution is 14.1. The van der Waals surface area contributed by atoms with Crippen LogP contribution in [0, 0.1) is 3.57 Å². The van der Waals surface area contributed by atoms with Crippen LogP contribution in [0.4, 0.5) is 0 Å². The number of nitrogens with zero attached hydrogens (tertiary/aromatic N) is 2. The molecule has 0 N–H and O–H groups in total. The summed E-state index contributed by atoms with van der Waals surface area (Å²) in [6.45, 7) is 2.74. The second kappa shape index (κ2) is 6.72. The normalized spacial score (nSPS) is 10.5. The number of hydrogen-bond acceptors (Lipinski definition) is 3. The van der Waals surface area contributed by atoms with E-state index in [2.05, 4.69) is 16.9 Å². The van der Waals surface area contributed by atoms with E-state index in [0.717, 1.165) is 17.7 Å². The second-order valence-electron chi connectivity index (χ2n) is 3.82. The highest BCUT2D eigenvalue weighted by atomic mass is 127. The van der Waals surface area contributed by atoms with Crippen LogP contribution < -0.4 is 4.74 Å². The number of benzene rings is 1. The predicted molar refractivity (Wildman–Crippen MR) is 86.0 cm³/mol. The summed E-state index contributed by atoms with van der Waals surface area (Å²) in [6.07, 6.45) is 0.960. The van der Waals surface area contributed by atoms with Gasteiger partial charge in [-0.25, -0.2) is 9.97 Å². The molecule has 6 heteroatoms. The molecule has 2 aromatic rings. The number of ether oxygens (including phenoxy) is 1. The van der Waals surface area contributed by atoms with Crippen molar-refractivity contribution in [2.45, 2.75) is 13.3 Å². The summed E-state index contributed by atoms with van der Waals surface area (Å²) in [4.78, 5) is 8.46. The highest BCUT2D eigenvalue weighted by Crippen LogP contribution is 2.28. The molecule has 0 aliphatic heterocycles. The van der Waals surface area contributed by atoms with Gasteiger partial charge in [0.1, 0.15) is 16.1 Å². The van der Waals surface area contributed by atoms with E-state index in [-0.39, 0.29) is 0 Å². The summed E-state index contributed by atoms with van der Waals surface area (Å²) in [5, 5.41) is 0.714. The van der Waals surface area contributed by atoms with E-state index < -0.39 is 0 Å². The van der Waals surface area contributed by atoms with Crippen LogP contribution >= 0.6 is 45.8 Å². The molecule has 1 aromatic heterocycles.